The van der Waals surface area contributed by atoms with Crippen molar-refractivity contribution < 1.29 is 0 Å². The lowest BCUT2D eigenvalue weighted by Crippen LogP contribution is -2.19. The van der Waals surface area contributed by atoms with Gasteiger partial charge in [0.15, 0.2) is 0 Å². The van der Waals surface area contributed by atoms with Gasteiger partial charge < -0.3 is 15.2 Å². The van der Waals surface area contributed by atoms with E-state index in [0.717, 1.165) is 28.1 Å². The van der Waals surface area contributed by atoms with E-state index in [4.69, 9.17) is 18.0 Å². The predicted molar refractivity (Wildman–Crippen MR) is 85.3 cm³/mol. The van der Waals surface area contributed by atoms with Gasteiger partial charge in [0.2, 0.25) is 0 Å². The van der Waals surface area contributed by atoms with E-state index in [1.807, 2.05) is 43.1 Å². The van der Waals surface area contributed by atoms with Crippen molar-refractivity contribution in [1.82, 2.24) is 9.55 Å². The molecule has 6 heteroatoms. The number of anilines is 1. The third-order valence-electron chi connectivity index (χ3n) is 2.94. The number of rotatable bonds is 4. The minimum absolute atomic E-state index is 0.402. The van der Waals surface area contributed by atoms with Crippen LogP contribution in [-0.4, -0.2) is 21.6 Å². The first kappa shape index (κ1) is 14.0. The van der Waals surface area contributed by atoms with Crippen molar-refractivity contribution in [3.05, 3.63) is 46.5 Å². The average molecular weight is 339 g/mol. The quantitative estimate of drug-likeness (QED) is 0.870. The van der Waals surface area contributed by atoms with Crippen molar-refractivity contribution in [3.63, 3.8) is 0 Å². The van der Waals surface area contributed by atoms with Crippen molar-refractivity contribution in [2.75, 3.05) is 11.9 Å². The number of imidazole rings is 1. The maximum absolute atomic E-state index is 5.62. The van der Waals surface area contributed by atoms with E-state index in [-0.39, 0.29) is 0 Å². The Kier molecular flexibility index (Phi) is 4.21. The number of benzene rings is 1. The lowest BCUT2D eigenvalue weighted by Gasteiger charge is -2.21. The number of halogens is 1. The Balaban J connectivity index is 2.22. The lowest BCUT2D eigenvalue weighted by atomic mass is 10.2. The molecule has 0 aliphatic heterocycles. The SMILES string of the molecule is CN(Cc1nccn1C)c1ccc(C(N)=S)cc1Br. The molecule has 0 atom stereocenters. The highest BCUT2D eigenvalue weighted by Crippen LogP contribution is 2.27. The Morgan fingerprint density at radius 2 is 2.26 bits per heavy atom. The van der Waals surface area contributed by atoms with Crippen molar-refractivity contribution >= 4 is 38.8 Å². The van der Waals surface area contributed by atoms with E-state index in [2.05, 4.69) is 25.8 Å². The van der Waals surface area contributed by atoms with Crippen LogP contribution in [0.2, 0.25) is 0 Å². The molecular weight excluding hydrogens is 324 g/mol. The third-order valence-corrected chi connectivity index (χ3v) is 3.81. The molecule has 1 aromatic heterocycles. The summed E-state index contributed by atoms with van der Waals surface area (Å²) in [7, 11) is 4.01. The van der Waals surface area contributed by atoms with Gasteiger partial charge in [0.1, 0.15) is 10.8 Å². The molecule has 2 N–H and O–H groups in total. The normalized spacial score (nSPS) is 10.5. The topological polar surface area (TPSA) is 47.1 Å². The van der Waals surface area contributed by atoms with Gasteiger partial charge in [-0.05, 0) is 34.1 Å². The lowest BCUT2D eigenvalue weighted by molar-refractivity contribution is 0.761. The number of hydrogen-bond donors (Lipinski definition) is 1. The number of thiocarbonyl (C=S) groups is 1. The molecule has 0 saturated heterocycles. The van der Waals surface area contributed by atoms with Gasteiger partial charge in [-0.15, -0.1) is 0 Å². The van der Waals surface area contributed by atoms with Gasteiger partial charge in [0.05, 0.1) is 12.2 Å². The van der Waals surface area contributed by atoms with Crippen molar-refractivity contribution in [2.45, 2.75) is 6.54 Å². The monoisotopic (exact) mass is 338 g/mol. The van der Waals surface area contributed by atoms with Crippen LogP contribution in [0.5, 0.6) is 0 Å². The molecule has 100 valence electrons. The zero-order chi connectivity index (χ0) is 14.0. The second kappa shape index (κ2) is 5.71. The van der Waals surface area contributed by atoms with Crippen LogP contribution in [0.3, 0.4) is 0 Å². The summed E-state index contributed by atoms with van der Waals surface area (Å²) in [4.78, 5) is 6.84. The summed E-state index contributed by atoms with van der Waals surface area (Å²) >= 11 is 8.53. The molecule has 0 spiro atoms. The first-order chi connectivity index (χ1) is 8.99. The van der Waals surface area contributed by atoms with Gasteiger partial charge in [-0.3, -0.25) is 0 Å². The first-order valence-corrected chi connectivity index (χ1v) is 6.96. The van der Waals surface area contributed by atoms with Gasteiger partial charge in [-0.1, -0.05) is 12.2 Å². The van der Waals surface area contributed by atoms with Crippen molar-refractivity contribution in [3.8, 4) is 0 Å². The molecule has 0 radical (unpaired) electrons. The minimum Gasteiger partial charge on any atom is -0.389 e. The summed E-state index contributed by atoms with van der Waals surface area (Å²) in [5.41, 5.74) is 7.55. The number of nitrogens with two attached hydrogens (primary N) is 1. The van der Waals surface area contributed by atoms with Crippen LogP contribution >= 0.6 is 28.1 Å². The van der Waals surface area contributed by atoms with Gasteiger partial charge in [0, 0.05) is 36.5 Å². The van der Waals surface area contributed by atoms with E-state index in [0.29, 0.717) is 4.99 Å². The summed E-state index contributed by atoms with van der Waals surface area (Å²) in [5.74, 6) is 1.01. The Bertz CT molecular complexity index is 608. The van der Waals surface area contributed by atoms with Gasteiger partial charge in [0.25, 0.3) is 0 Å². The Labute approximate surface area is 126 Å². The van der Waals surface area contributed by atoms with Gasteiger partial charge in [-0.25, -0.2) is 4.98 Å². The Morgan fingerprint density at radius 1 is 1.53 bits per heavy atom. The van der Waals surface area contributed by atoms with Crippen LogP contribution in [0.4, 0.5) is 5.69 Å². The zero-order valence-electron chi connectivity index (χ0n) is 10.8. The van der Waals surface area contributed by atoms with E-state index >= 15 is 0 Å². The molecule has 4 nitrogen and oxygen atoms in total. The molecule has 1 heterocycles. The first-order valence-electron chi connectivity index (χ1n) is 5.75. The third kappa shape index (κ3) is 3.13. The van der Waals surface area contributed by atoms with Gasteiger partial charge >= 0.3 is 0 Å². The Hall–Kier alpha value is -1.40. The van der Waals surface area contributed by atoms with E-state index in [1.54, 1.807) is 6.20 Å². The second-order valence-corrected chi connectivity index (χ2v) is 5.64. The highest BCUT2D eigenvalue weighted by Gasteiger charge is 2.10. The molecule has 0 aliphatic rings. The number of aryl methyl sites for hydroxylation is 1. The minimum atomic E-state index is 0.402. The summed E-state index contributed by atoms with van der Waals surface area (Å²) in [6.07, 6.45) is 3.74. The van der Waals surface area contributed by atoms with Crippen LogP contribution in [0.15, 0.2) is 35.1 Å². The fourth-order valence-corrected chi connectivity index (χ4v) is 2.62. The van der Waals surface area contributed by atoms with Crippen molar-refractivity contribution in [1.29, 1.82) is 0 Å². The van der Waals surface area contributed by atoms with Crippen LogP contribution in [0.1, 0.15) is 11.4 Å². The largest absolute Gasteiger partial charge is 0.389 e. The molecule has 0 fully saturated rings. The number of nitrogens with zero attached hydrogens (tertiary/aromatic N) is 3. The molecule has 0 saturated carbocycles. The molecule has 19 heavy (non-hydrogen) atoms. The average Bonchev–Trinajstić information content (AvgIpc) is 2.74. The van der Waals surface area contributed by atoms with Crippen LogP contribution in [0.25, 0.3) is 0 Å². The molecule has 0 aliphatic carbocycles. The van der Waals surface area contributed by atoms with Crippen molar-refractivity contribution in [2.24, 2.45) is 12.8 Å². The van der Waals surface area contributed by atoms with Crippen LogP contribution < -0.4 is 10.6 Å². The smallest absolute Gasteiger partial charge is 0.127 e. The number of aromatic nitrogens is 2. The maximum Gasteiger partial charge on any atom is 0.127 e. The molecular formula is C13H15BrN4S. The summed E-state index contributed by atoms with van der Waals surface area (Å²) < 4.78 is 2.97. The molecule has 2 rings (SSSR count). The highest BCUT2D eigenvalue weighted by molar-refractivity contribution is 9.10. The number of hydrogen-bond acceptors (Lipinski definition) is 3. The summed E-state index contributed by atoms with van der Waals surface area (Å²) in [6.45, 7) is 0.731. The fourth-order valence-electron chi connectivity index (χ4n) is 1.82. The second-order valence-electron chi connectivity index (χ2n) is 4.34. The molecule has 0 amide bonds. The molecule has 0 bridgehead atoms. The summed E-state index contributed by atoms with van der Waals surface area (Å²) in [5, 5.41) is 0. The van der Waals surface area contributed by atoms with E-state index in [1.165, 1.54) is 0 Å². The summed E-state index contributed by atoms with van der Waals surface area (Å²) in [6, 6.07) is 5.87. The van der Waals surface area contributed by atoms with Gasteiger partial charge in [-0.2, -0.15) is 0 Å². The molecule has 1 aromatic carbocycles. The molecule has 2 aromatic rings. The van der Waals surface area contributed by atoms with E-state index in [9.17, 15) is 0 Å². The zero-order valence-corrected chi connectivity index (χ0v) is 13.2. The molecule has 0 unspecified atom stereocenters. The van der Waals surface area contributed by atoms with Crippen LogP contribution in [-0.2, 0) is 13.6 Å². The highest BCUT2D eigenvalue weighted by atomic mass is 79.9. The predicted octanol–water partition coefficient (Wildman–Crippen LogP) is 2.45. The Morgan fingerprint density at radius 3 is 2.79 bits per heavy atom. The standard InChI is InChI=1S/C13H15BrN4S/c1-17-6-5-16-12(17)8-18(2)11-4-3-9(13(15)19)7-10(11)14/h3-7H,8H2,1-2H3,(H2,15,19). The van der Waals surface area contributed by atoms with Crippen LogP contribution in [0, 0.1) is 0 Å². The maximum atomic E-state index is 5.62. The fraction of sp³-hybridized carbons (Fsp3) is 0.231. The van der Waals surface area contributed by atoms with E-state index < -0.39 is 0 Å².